The summed E-state index contributed by atoms with van der Waals surface area (Å²) >= 11 is 24.3. The molecule has 0 saturated heterocycles. The van der Waals surface area contributed by atoms with Crippen LogP contribution in [0.4, 0.5) is 0 Å². The van der Waals surface area contributed by atoms with Crippen molar-refractivity contribution in [1.82, 2.24) is 0 Å². The Morgan fingerprint density at radius 1 is 1.11 bits per heavy atom. The SMILES string of the molecule is ClC1=CCCC(C(c2cccc(Cl)c2)C(Cl)Cl)=C1. The van der Waals surface area contributed by atoms with Crippen molar-refractivity contribution in [1.29, 1.82) is 0 Å². The Hall–Kier alpha value is -0.140. The van der Waals surface area contributed by atoms with Gasteiger partial charge in [-0.05, 0) is 36.6 Å². The Labute approximate surface area is 127 Å². The molecule has 0 aliphatic heterocycles. The zero-order valence-corrected chi connectivity index (χ0v) is 12.6. The molecular weight excluding hydrogens is 310 g/mol. The maximum absolute atomic E-state index is 6.13. The Bertz CT molecular complexity index is 488. The summed E-state index contributed by atoms with van der Waals surface area (Å²) in [6, 6.07) is 7.63. The zero-order valence-electron chi connectivity index (χ0n) is 9.54. The van der Waals surface area contributed by atoms with Crippen molar-refractivity contribution in [2.24, 2.45) is 0 Å². The number of benzene rings is 1. The maximum Gasteiger partial charge on any atom is 0.118 e. The zero-order chi connectivity index (χ0) is 13.1. The minimum Gasteiger partial charge on any atom is -0.104 e. The summed E-state index contributed by atoms with van der Waals surface area (Å²) in [6.45, 7) is 0. The van der Waals surface area contributed by atoms with Gasteiger partial charge < -0.3 is 0 Å². The van der Waals surface area contributed by atoms with Gasteiger partial charge in [-0.2, -0.15) is 0 Å². The lowest BCUT2D eigenvalue weighted by molar-refractivity contribution is 0.778. The first kappa shape index (κ1) is 14.3. The fraction of sp³-hybridized carbons (Fsp3) is 0.286. The lowest BCUT2D eigenvalue weighted by Crippen LogP contribution is -2.12. The molecular formula is C14H12Cl4. The summed E-state index contributed by atoms with van der Waals surface area (Å²) in [6.07, 6.45) is 5.79. The van der Waals surface area contributed by atoms with Gasteiger partial charge in [0.15, 0.2) is 0 Å². The minimum atomic E-state index is -0.516. The van der Waals surface area contributed by atoms with E-state index in [4.69, 9.17) is 46.4 Å². The molecule has 1 unspecified atom stereocenters. The van der Waals surface area contributed by atoms with Crippen LogP contribution in [0.5, 0.6) is 0 Å². The highest BCUT2D eigenvalue weighted by atomic mass is 35.5. The summed E-state index contributed by atoms with van der Waals surface area (Å²) in [5, 5.41) is 1.43. The molecule has 0 nitrogen and oxygen atoms in total. The van der Waals surface area contributed by atoms with Crippen molar-refractivity contribution in [2.75, 3.05) is 0 Å². The van der Waals surface area contributed by atoms with Crippen LogP contribution in [0.2, 0.25) is 5.02 Å². The van der Waals surface area contributed by atoms with Crippen LogP contribution in [0.3, 0.4) is 0 Å². The molecule has 0 amide bonds. The van der Waals surface area contributed by atoms with Gasteiger partial charge >= 0.3 is 0 Å². The number of alkyl halides is 2. The normalized spacial score (nSPS) is 17.4. The molecule has 2 rings (SSSR count). The van der Waals surface area contributed by atoms with Crippen LogP contribution in [-0.2, 0) is 0 Å². The molecule has 1 aromatic carbocycles. The van der Waals surface area contributed by atoms with Crippen LogP contribution in [0.15, 0.2) is 47.0 Å². The van der Waals surface area contributed by atoms with E-state index in [1.807, 2.05) is 36.4 Å². The van der Waals surface area contributed by atoms with E-state index in [0.717, 1.165) is 29.0 Å². The highest BCUT2D eigenvalue weighted by molar-refractivity contribution is 6.45. The average molecular weight is 322 g/mol. The second-order valence-corrected chi connectivity index (χ2v) is 6.25. The van der Waals surface area contributed by atoms with E-state index in [1.165, 1.54) is 0 Å². The summed E-state index contributed by atoms with van der Waals surface area (Å²) in [4.78, 5) is -0.516. The Balaban J connectivity index is 2.38. The van der Waals surface area contributed by atoms with Crippen LogP contribution in [-0.4, -0.2) is 4.84 Å². The van der Waals surface area contributed by atoms with Gasteiger partial charge in [0.25, 0.3) is 0 Å². The molecule has 0 fully saturated rings. The van der Waals surface area contributed by atoms with E-state index < -0.39 is 4.84 Å². The molecule has 0 spiro atoms. The molecule has 4 heteroatoms. The van der Waals surface area contributed by atoms with Gasteiger partial charge in [0.05, 0.1) is 0 Å². The fourth-order valence-corrected chi connectivity index (χ4v) is 3.21. The van der Waals surface area contributed by atoms with Gasteiger partial charge in [-0.15, -0.1) is 23.2 Å². The van der Waals surface area contributed by atoms with Gasteiger partial charge in [0.1, 0.15) is 4.84 Å². The van der Waals surface area contributed by atoms with E-state index in [0.29, 0.717) is 5.02 Å². The van der Waals surface area contributed by atoms with Crippen LogP contribution in [0.25, 0.3) is 0 Å². The predicted molar refractivity (Wildman–Crippen MR) is 80.9 cm³/mol. The lowest BCUT2D eigenvalue weighted by atomic mass is 9.87. The van der Waals surface area contributed by atoms with Crippen molar-refractivity contribution in [3.05, 3.63) is 57.6 Å². The summed E-state index contributed by atoms with van der Waals surface area (Å²) in [5.74, 6) is -0.0607. The lowest BCUT2D eigenvalue weighted by Gasteiger charge is -2.24. The highest BCUT2D eigenvalue weighted by Gasteiger charge is 2.24. The van der Waals surface area contributed by atoms with E-state index in [1.54, 1.807) is 0 Å². The van der Waals surface area contributed by atoms with Gasteiger partial charge in [-0.1, -0.05) is 47.0 Å². The molecule has 0 radical (unpaired) electrons. The summed E-state index contributed by atoms with van der Waals surface area (Å²) in [5.41, 5.74) is 2.18. The van der Waals surface area contributed by atoms with Crippen molar-refractivity contribution < 1.29 is 0 Å². The number of allylic oxidation sites excluding steroid dienone is 4. The molecule has 1 aromatic rings. The van der Waals surface area contributed by atoms with Crippen LogP contribution < -0.4 is 0 Å². The topological polar surface area (TPSA) is 0 Å². The van der Waals surface area contributed by atoms with E-state index in [-0.39, 0.29) is 5.92 Å². The molecule has 0 heterocycles. The molecule has 0 bridgehead atoms. The van der Waals surface area contributed by atoms with Crippen molar-refractivity contribution in [3.8, 4) is 0 Å². The molecule has 0 saturated carbocycles. The maximum atomic E-state index is 6.13. The third-order valence-corrected chi connectivity index (χ3v) is 3.96. The van der Waals surface area contributed by atoms with Crippen LogP contribution in [0, 0.1) is 0 Å². The third-order valence-electron chi connectivity index (χ3n) is 2.95. The standard InChI is InChI=1S/C14H12Cl4/c15-11-5-1-3-9(7-11)13(14(17)18)10-4-2-6-12(16)8-10/h1,3,5-8,13-14H,2,4H2. The van der Waals surface area contributed by atoms with Gasteiger partial charge in [-0.3, -0.25) is 0 Å². The van der Waals surface area contributed by atoms with E-state index >= 15 is 0 Å². The quantitative estimate of drug-likeness (QED) is 0.593. The monoisotopic (exact) mass is 320 g/mol. The van der Waals surface area contributed by atoms with Crippen LogP contribution >= 0.6 is 46.4 Å². The predicted octanol–water partition coefficient (Wildman–Crippen LogP) is 6.07. The van der Waals surface area contributed by atoms with Crippen molar-refractivity contribution in [2.45, 2.75) is 23.6 Å². The molecule has 0 aromatic heterocycles. The Morgan fingerprint density at radius 2 is 1.89 bits per heavy atom. The van der Waals surface area contributed by atoms with Crippen molar-refractivity contribution in [3.63, 3.8) is 0 Å². The number of halogens is 4. The smallest absolute Gasteiger partial charge is 0.104 e. The minimum absolute atomic E-state index is 0.0607. The van der Waals surface area contributed by atoms with Gasteiger partial charge in [0, 0.05) is 16.0 Å². The second-order valence-electron chi connectivity index (χ2n) is 4.21. The Morgan fingerprint density at radius 3 is 2.50 bits per heavy atom. The Kier molecular flexibility index (Phi) is 5.03. The highest BCUT2D eigenvalue weighted by Crippen LogP contribution is 2.39. The number of hydrogen-bond donors (Lipinski definition) is 0. The molecule has 96 valence electrons. The van der Waals surface area contributed by atoms with Gasteiger partial charge in [0.2, 0.25) is 0 Å². The van der Waals surface area contributed by atoms with Crippen molar-refractivity contribution >= 4 is 46.4 Å². The van der Waals surface area contributed by atoms with Gasteiger partial charge in [-0.25, -0.2) is 0 Å². The molecule has 1 atom stereocenters. The van der Waals surface area contributed by atoms with E-state index in [9.17, 15) is 0 Å². The molecule has 18 heavy (non-hydrogen) atoms. The largest absolute Gasteiger partial charge is 0.118 e. The summed E-state index contributed by atoms with van der Waals surface area (Å²) in [7, 11) is 0. The molecule has 0 N–H and O–H groups in total. The van der Waals surface area contributed by atoms with E-state index in [2.05, 4.69) is 0 Å². The first-order chi connectivity index (χ1) is 8.58. The fourth-order valence-electron chi connectivity index (χ4n) is 2.15. The summed E-state index contributed by atoms with van der Waals surface area (Å²) < 4.78 is 0. The molecule has 1 aliphatic carbocycles. The third kappa shape index (κ3) is 3.45. The first-order valence-electron chi connectivity index (χ1n) is 5.67. The average Bonchev–Trinajstić information content (AvgIpc) is 2.28. The number of rotatable bonds is 3. The first-order valence-corrected chi connectivity index (χ1v) is 7.30. The van der Waals surface area contributed by atoms with Crippen LogP contribution in [0.1, 0.15) is 24.3 Å². The number of hydrogen-bond acceptors (Lipinski definition) is 0. The second kappa shape index (κ2) is 6.34. The molecule has 1 aliphatic rings.